The number of nitrogens with two attached hydrogens (primary N) is 1. The molecule has 0 bridgehead atoms. The van der Waals surface area contributed by atoms with Gasteiger partial charge in [0.2, 0.25) is 5.89 Å². The standard InChI is InChI=1S/C8H16N6O2/c1-5(10-2)6-13-14-8(16-6)12-4-3-11-7(9)15/h5,10H,3-4H2,1-2H3,(H,12,14)(H3,9,11,15). The Morgan fingerprint density at radius 3 is 2.88 bits per heavy atom. The van der Waals surface area contributed by atoms with E-state index in [0.717, 1.165) is 0 Å². The summed E-state index contributed by atoms with van der Waals surface area (Å²) in [6.45, 7) is 2.78. The molecule has 0 spiro atoms. The van der Waals surface area contributed by atoms with Crippen LogP contribution in [-0.4, -0.2) is 36.4 Å². The van der Waals surface area contributed by atoms with E-state index in [-0.39, 0.29) is 6.04 Å². The quantitative estimate of drug-likeness (QED) is 0.484. The summed E-state index contributed by atoms with van der Waals surface area (Å²) >= 11 is 0. The first-order valence-electron chi connectivity index (χ1n) is 4.91. The molecule has 1 rings (SSSR count). The van der Waals surface area contributed by atoms with Crippen LogP contribution in [0.5, 0.6) is 0 Å². The van der Waals surface area contributed by atoms with Crippen molar-refractivity contribution in [1.82, 2.24) is 20.8 Å². The highest BCUT2D eigenvalue weighted by Crippen LogP contribution is 2.12. The van der Waals surface area contributed by atoms with Crippen LogP contribution in [0.3, 0.4) is 0 Å². The highest BCUT2D eigenvalue weighted by Gasteiger charge is 2.11. The van der Waals surface area contributed by atoms with Gasteiger partial charge in [0.05, 0.1) is 6.04 Å². The number of hydrogen-bond acceptors (Lipinski definition) is 6. The molecule has 0 aromatic carbocycles. The van der Waals surface area contributed by atoms with Crippen LogP contribution in [-0.2, 0) is 0 Å². The molecule has 5 N–H and O–H groups in total. The third kappa shape index (κ3) is 3.73. The normalized spacial score (nSPS) is 12.1. The van der Waals surface area contributed by atoms with E-state index in [1.807, 2.05) is 6.92 Å². The molecule has 0 saturated heterocycles. The summed E-state index contributed by atoms with van der Waals surface area (Å²) in [4.78, 5) is 10.4. The fraction of sp³-hybridized carbons (Fsp3) is 0.625. The zero-order valence-corrected chi connectivity index (χ0v) is 9.28. The molecule has 1 atom stereocenters. The van der Waals surface area contributed by atoms with Gasteiger partial charge in [-0.1, -0.05) is 5.10 Å². The fourth-order valence-corrected chi connectivity index (χ4v) is 0.960. The van der Waals surface area contributed by atoms with Crippen molar-refractivity contribution in [1.29, 1.82) is 0 Å². The maximum atomic E-state index is 10.4. The minimum atomic E-state index is -0.558. The number of carbonyl (C=O) groups excluding carboxylic acids is 1. The number of nitrogens with one attached hydrogen (secondary N) is 3. The maximum Gasteiger partial charge on any atom is 0.315 e. The number of amides is 2. The van der Waals surface area contributed by atoms with Crippen molar-refractivity contribution < 1.29 is 9.21 Å². The molecular formula is C8H16N6O2. The molecule has 0 fully saturated rings. The minimum absolute atomic E-state index is 0.00629. The third-order valence-corrected chi connectivity index (χ3v) is 1.94. The van der Waals surface area contributed by atoms with Crippen LogP contribution in [0.15, 0.2) is 4.42 Å². The highest BCUT2D eigenvalue weighted by atomic mass is 16.4. The van der Waals surface area contributed by atoms with Crippen LogP contribution >= 0.6 is 0 Å². The Balaban J connectivity index is 2.32. The van der Waals surface area contributed by atoms with Gasteiger partial charge in [-0.2, -0.15) is 0 Å². The van der Waals surface area contributed by atoms with E-state index in [1.54, 1.807) is 7.05 Å². The van der Waals surface area contributed by atoms with Crippen LogP contribution in [0.1, 0.15) is 18.9 Å². The topological polar surface area (TPSA) is 118 Å². The third-order valence-electron chi connectivity index (χ3n) is 1.94. The second kappa shape index (κ2) is 5.91. The summed E-state index contributed by atoms with van der Waals surface area (Å²) in [6.07, 6.45) is 0. The van der Waals surface area contributed by atoms with Crippen molar-refractivity contribution in [3.05, 3.63) is 5.89 Å². The number of rotatable bonds is 6. The number of nitrogens with zero attached hydrogens (tertiary/aromatic N) is 2. The lowest BCUT2D eigenvalue weighted by molar-refractivity contribution is 0.249. The van der Waals surface area contributed by atoms with Crippen molar-refractivity contribution in [3.8, 4) is 0 Å². The average molecular weight is 228 g/mol. The lowest BCUT2D eigenvalue weighted by Crippen LogP contribution is -2.33. The molecule has 90 valence electrons. The number of aromatic nitrogens is 2. The Morgan fingerprint density at radius 2 is 2.25 bits per heavy atom. The van der Waals surface area contributed by atoms with Crippen LogP contribution in [0, 0.1) is 0 Å². The van der Waals surface area contributed by atoms with Gasteiger partial charge < -0.3 is 26.1 Å². The molecule has 0 aliphatic heterocycles. The Hall–Kier alpha value is -1.83. The van der Waals surface area contributed by atoms with Gasteiger partial charge in [-0.05, 0) is 14.0 Å². The molecule has 8 nitrogen and oxygen atoms in total. The predicted molar refractivity (Wildman–Crippen MR) is 57.8 cm³/mol. The fourth-order valence-electron chi connectivity index (χ4n) is 0.960. The zero-order valence-electron chi connectivity index (χ0n) is 9.28. The Labute approximate surface area is 93.0 Å². The number of primary amides is 1. The van der Waals surface area contributed by atoms with Gasteiger partial charge in [-0.15, -0.1) is 5.10 Å². The first kappa shape index (κ1) is 12.2. The van der Waals surface area contributed by atoms with Gasteiger partial charge in [0.25, 0.3) is 0 Å². The largest absolute Gasteiger partial charge is 0.406 e. The number of carbonyl (C=O) groups is 1. The first-order chi connectivity index (χ1) is 7.63. The molecule has 0 saturated carbocycles. The molecule has 2 amide bonds. The van der Waals surface area contributed by atoms with E-state index in [1.165, 1.54) is 0 Å². The van der Waals surface area contributed by atoms with E-state index in [2.05, 4.69) is 26.1 Å². The first-order valence-corrected chi connectivity index (χ1v) is 4.91. The second-order valence-corrected chi connectivity index (χ2v) is 3.17. The minimum Gasteiger partial charge on any atom is -0.406 e. The number of anilines is 1. The van der Waals surface area contributed by atoms with Crippen molar-refractivity contribution in [3.63, 3.8) is 0 Å². The lowest BCUT2D eigenvalue weighted by Gasteiger charge is -2.03. The van der Waals surface area contributed by atoms with Gasteiger partial charge in [0.1, 0.15) is 0 Å². The van der Waals surface area contributed by atoms with E-state index in [9.17, 15) is 4.79 Å². The van der Waals surface area contributed by atoms with Crippen molar-refractivity contribution >= 4 is 12.0 Å². The van der Waals surface area contributed by atoms with E-state index in [0.29, 0.717) is 25.0 Å². The summed E-state index contributed by atoms with van der Waals surface area (Å²) in [5, 5.41) is 15.9. The highest BCUT2D eigenvalue weighted by molar-refractivity contribution is 5.71. The SMILES string of the molecule is CNC(C)c1nnc(NCCNC(N)=O)o1. The number of hydrogen-bond donors (Lipinski definition) is 4. The van der Waals surface area contributed by atoms with Gasteiger partial charge in [-0.3, -0.25) is 0 Å². The summed E-state index contributed by atoms with van der Waals surface area (Å²) < 4.78 is 5.30. The monoisotopic (exact) mass is 228 g/mol. The van der Waals surface area contributed by atoms with Gasteiger partial charge >= 0.3 is 12.0 Å². The van der Waals surface area contributed by atoms with Crippen LogP contribution in [0.4, 0.5) is 10.8 Å². The van der Waals surface area contributed by atoms with Crippen molar-refractivity contribution in [2.75, 3.05) is 25.5 Å². The molecule has 0 aliphatic carbocycles. The smallest absolute Gasteiger partial charge is 0.315 e. The van der Waals surface area contributed by atoms with Gasteiger partial charge in [-0.25, -0.2) is 4.79 Å². The lowest BCUT2D eigenvalue weighted by atomic mass is 10.3. The van der Waals surface area contributed by atoms with Crippen molar-refractivity contribution in [2.24, 2.45) is 5.73 Å². The van der Waals surface area contributed by atoms with Crippen LogP contribution < -0.4 is 21.7 Å². The molecule has 0 radical (unpaired) electrons. The van der Waals surface area contributed by atoms with E-state index < -0.39 is 6.03 Å². The molecule has 0 aliphatic rings. The molecule has 16 heavy (non-hydrogen) atoms. The van der Waals surface area contributed by atoms with Gasteiger partial charge in [0.15, 0.2) is 0 Å². The number of urea groups is 1. The average Bonchev–Trinajstić information content (AvgIpc) is 2.71. The summed E-state index contributed by atoms with van der Waals surface area (Å²) in [5.41, 5.74) is 4.90. The van der Waals surface area contributed by atoms with Gasteiger partial charge in [0, 0.05) is 13.1 Å². The van der Waals surface area contributed by atoms with Crippen molar-refractivity contribution in [2.45, 2.75) is 13.0 Å². The molecule has 1 aromatic rings. The van der Waals surface area contributed by atoms with Crippen LogP contribution in [0.2, 0.25) is 0 Å². The molecule has 1 unspecified atom stereocenters. The molecule has 1 heterocycles. The molecule has 1 aromatic heterocycles. The second-order valence-electron chi connectivity index (χ2n) is 3.17. The summed E-state index contributed by atoms with van der Waals surface area (Å²) in [5.74, 6) is 0.507. The zero-order chi connectivity index (χ0) is 12.0. The summed E-state index contributed by atoms with van der Waals surface area (Å²) in [6, 6.07) is -0.230. The van der Waals surface area contributed by atoms with E-state index >= 15 is 0 Å². The molecular weight excluding hydrogens is 212 g/mol. The molecule has 8 heteroatoms. The Bertz CT molecular complexity index is 339. The van der Waals surface area contributed by atoms with E-state index in [4.69, 9.17) is 10.2 Å². The Kier molecular flexibility index (Phi) is 4.52. The Morgan fingerprint density at radius 1 is 1.50 bits per heavy atom. The predicted octanol–water partition coefficient (Wildman–Crippen LogP) is -0.570. The van der Waals surface area contributed by atoms with Crippen LogP contribution in [0.25, 0.3) is 0 Å². The summed E-state index contributed by atoms with van der Waals surface area (Å²) in [7, 11) is 1.80. The maximum absolute atomic E-state index is 10.4.